The van der Waals surface area contributed by atoms with Crippen LogP contribution in [0.5, 0.6) is 0 Å². The molecular formula is C20H13BrN2O6. The maximum absolute atomic E-state index is 12.0. The van der Waals surface area contributed by atoms with Gasteiger partial charge >= 0.3 is 11.9 Å². The van der Waals surface area contributed by atoms with Gasteiger partial charge in [0.25, 0.3) is 5.91 Å². The number of benzene rings is 2. The summed E-state index contributed by atoms with van der Waals surface area (Å²) in [6, 6.07) is 13.5. The molecular weight excluding hydrogens is 444 g/mol. The van der Waals surface area contributed by atoms with Gasteiger partial charge in [-0.05, 0) is 54.6 Å². The van der Waals surface area contributed by atoms with Crippen LogP contribution < -0.4 is 5.43 Å². The van der Waals surface area contributed by atoms with Gasteiger partial charge < -0.3 is 14.6 Å². The number of amides is 1. The van der Waals surface area contributed by atoms with Crippen molar-refractivity contribution in [3.05, 3.63) is 81.5 Å². The van der Waals surface area contributed by atoms with Crippen LogP contribution >= 0.6 is 15.9 Å². The number of carbonyl (C=O) groups excluding carboxylic acids is 1. The molecule has 0 atom stereocenters. The highest BCUT2D eigenvalue weighted by atomic mass is 79.9. The van der Waals surface area contributed by atoms with E-state index in [4.69, 9.17) is 14.6 Å². The molecule has 2 aromatic carbocycles. The molecule has 3 N–H and O–H groups in total. The standard InChI is InChI=1S/C20H13BrN2O6/c21-15-3-1-11(2-4-15)18(24)23-22-10-16-5-6-17(29-16)12-7-13(19(25)26)9-14(8-12)20(27)28/h1-10H,(H,23,24)(H,25,26)(H,27,28)/b22-10-. The fourth-order valence-electron chi connectivity index (χ4n) is 2.41. The van der Waals surface area contributed by atoms with Crippen LogP contribution in [0, 0.1) is 0 Å². The molecule has 0 fully saturated rings. The summed E-state index contributed by atoms with van der Waals surface area (Å²) >= 11 is 3.29. The van der Waals surface area contributed by atoms with E-state index in [1.165, 1.54) is 18.3 Å². The van der Waals surface area contributed by atoms with Crippen molar-refractivity contribution >= 4 is 40.0 Å². The molecule has 9 heteroatoms. The van der Waals surface area contributed by atoms with E-state index in [-0.39, 0.29) is 22.6 Å². The predicted molar refractivity (Wildman–Crippen MR) is 107 cm³/mol. The van der Waals surface area contributed by atoms with Crippen molar-refractivity contribution in [1.29, 1.82) is 0 Å². The summed E-state index contributed by atoms with van der Waals surface area (Å²) in [5, 5.41) is 22.1. The van der Waals surface area contributed by atoms with E-state index < -0.39 is 17.8 Å². The van der Waals surface area contributed by atoms with Gasteiger partial charge in [-0.3, -0.25) is 4.79 Å². The van der Waals surface area contributed by atoms with Gasteiger partial charge in [-0.1, -0.05) is 15.9 Å². The Morgan fingerprint density at radius 2 is 1.52 bits per heavy atom. The van der Waals surface area contributed by atoms with Crippen LogP contribution in [0.4, 0.5) is 0 Å². The first-order chi connectivity index (χ1) is 13.8. The highest BCUT2D eigenvalue weighted by Crippen LogP contribution is 2.24. The zero-order valence-electron chi connectivity index (χ0n) is 14.6. The lowest BCUT2D eigenvalue weighted by Crippen LogP contribution is -2.17. The minimum atomic E-state index is -1.25. The Balaban J connectivity index is 1.76. The molecule has 1 heterocycles. The van der Waals surface area contributed by atoms with Crippen molar-refractivity contribution in [2.24, 2.45) is 5.10 Å². The molecule has 146 valence electrons. The molecule has 3 aromatic rings. The molecule has 0 radical (unpaired) electrons. The van der Waals surface area contributed by atoms with E-state index >= 15 is 0 Å². The first-order valence-corrected chi connectivity index (χ1v) is 8.93. The number of nitrogens with one attached hydrogen (secondary N) is 1. The number of furan rings is 1. The van der Waals surface area contributed by atoms with Gasteiger partial charge in [0.05, 0.1) is 17.3 Å². The molecule has 0 aliphatic heterocycles. The molecule has 8 nitrogen and oxygen atoms in total. The summed E-state index contributed by atoms with van der Waals surface area (Å²) < 4.78 is 6.40. The van der Waals surface area contributed by atoms with Crippen molar-refractivity contribution in [2.75, 3.05) is 0 Å². The quantitative estimate of drug-likeness (QED) is 0.381. The highest BCUT2D eigenvalue weighted by molar-refractivity contribution is 9.10. The van der Waals surface area contributed by atoms with Crippen LogP contribution in [0.15, 0.2) is 68.6 Å². The van der Waals surface area contributed by atoms with Crippen molar-refractivity contribution in [1.82, 2.24) is 5.43 Å². The fraction of sp³-hybridized carbons (Fsp3) is 0. The number of hydrogen-bond donors (Lipinski definition) is 3. The predicted octanol–water partition coefficient (Wildman–Crippen LogP) is 3.87. The molecule has 1 aromatic heterocycles. The number of halogens is 1. The zero-order valence-corrected chi connectivity index (χ0v) is 16.2. The number of hydrazone groups is 1. The van der Waals surface area contributed by atoms with E-state index in [0.29, 0.717) is 11.1 Å². The Kier molecular flexibility index (Phi) is 5.89. The monoisotopic (exact) mass is 456 g/mol. The van der Waals surface area contributed by atoms with Gasteiger partial charge in [0.2, 0.25) is 0 Å². The maximum Gasteiger partial charge on any atom is 0.335 e. The van der Waals surface area contributed by atoms with Crippen LogP contribution in [-0.4, -0.2) is 34.3 Å². The average Bonchev–Trinajstić information content (AvgIpc) is 3.17. The van der Waals surface area contributed by atoms with Gasteiger partial charge in [-0.25, -0.2) is 15.0 Å². The van der Waals surface area contributed by atoms with Gasteiger partial charge in [0.1, 0.15) is 11.5 Å². The molecule has 0 saturated heterocycles. The number of aromatic carboxylic acids is 2. The molecule has 3 rings (SSSR count). The smallest absolute Gasteiger partial charge is 0.335 e. The van der Waals surface area contributed by atoms with E-state index in [0.717, 1.165) is 10.5 Å². The molecule has 0 aliphatic rings. The van der Waals surface area contributed by atoms with Gasteiger partial charge in [0, 0.05) is 15.6 Å². The number of carbonyl (C=O) groups is 3. The topological polar surface area (TPSA) is 129 Å². The molecule has 0 aliphatic carbocycles. The van der Waals surface area contributed by atoms with E-state index in [2.05, 4.69) is 26.5 Å². The molecule has 0 unspecified atom stereocenters. The van der Waals surface area contributed by atoms with E-state index in [1.807, 2.05) is 0 Å². The Hall–Kier alpha value is -3.72. The largest absolute Gasteiger partial charge is 0.478 e. The van der Waals surface area contributed by atoms with Crippen LogP contribution in [-0.2, 0) is 0 Å². The lowest BCUT2D eigenvalue weighted by Gasteiger charge is -2.03. The summed E-state index contributed by atoms with van der Waals surface area (Å²) in [5.74, 6) is -2.36. The van der Waals surface area contributed by atoms with E-state index in [1.54, 1.807) is 36.4 Å². The second-order valence-corrected chi connectivity index (χ2v) is 6.73. The molecule has 29 heavy (non-hydrogen) atoms. The Morgan fingerprint density at radius 3 is 2.10 bits per heavy atom. The van der Waals surface area contributed by atoms with Gasteiger partial charge in [-0.15, -0.1) is 0 Å². The third kappa shape index (κ3) is 4.96. The SMILES string of the molecule is O=C(O)c1cc(C(=O)O)cc(-c2ccc(/C=N\NC(=O)c3ccc(Br)cc3)o2)c1. The second kappa shape index (κ2) is 8.53. The van der Waals surface area contributed by atoms with Crippen molar-refractivity contribution in [2.45, 2.75) is 0 Å². The Bertz CT molecular complexity index is 1090. The van der Waals surface area contributed by atoms with Crippen molar-refractivity contribution < 1.29 is 29.0 Å². The van der Waals surface area contributed by atoms with Crippen molar-refractivity contribution in [3.63, 3.8) is 0 Å². The van der Waals surface area contributed by atoms with Crippen molar-refractivity contribution in [3.8, 4) is 11.3 Å². The lowest BCUT2D eigenvalue weighted by molar-refractivity contribution is 0.0696. The summed E-state index contributed by atoms with van der Waals surface area (Å²) in [6.07, 6.45) is 1.28. The average molecular weight is 457 g/mol. The summed E-state index contributed by atoms with van der Waals surface area (Å²) in [7, 11) is 0. The minimum Gasteiger partial charge on any atom is -0.478 e. The zero-order chi connectivity index (χ0) is 21.0. The number of carboxylic acids is 2. The van der Waals surface area contributed by atoms with Crippen LogP contribution in [0.25, 0.3) is 11.3 Å². The molecule has 0 saturated carbocycles. The van der Waals surface area contributed by atoms with Crippen LogP contribution in [0.2, 0.25) is 0 Å². The first kappa shape index (κ1) is 20.0. The fourth-order valence-corrected chi connectivity index (χ4v) is 2.68. The number of nitrogens with zero attached hydrogens (tertiary/aromatic N) is 1. The molecule has 1 amide bonds. The molecule has 0 bridgehead atoms. The van der Waals surface area contributed by atoms with Gasteiger partial charge in [0.15, 0.2) is 0 Å². The van der Waals surface area contributed by atoms with Gasteiger partial charge in [-0.2, -0.15) is 5.10 Å². The third-order valence-electron chi connectivity index (χ3n) is 3.80. The summed E-state index contributed by atoms with van der Waals surface area (Å²) in [6.45, 7) is 0. The maximum atomic E-state index is 12.0. The minimum absolute atomic E-state index is 0.173. The molecule has 0 spiro atoms. The number of hydrogen-bond acceptors (Lipinski definition) is 5. The lowest BCUT2D eigenvalue weighted by atomic mass is 10.0. The first-order valence-electron chi connectivity index (χ1n) is 8.14. The second-order valence-electron chi connectivity index (χ2n) is 5.82. The van der Waals surface area contributed by atoms with Crippen LogP contribution in [0.1, 0.15) is 36.8 Å². The van der Waals surface area contributed by atoms with Crippen LogP contribution in [0.3, 0.4) is 0 Å². The Morgan fingerprint density at radius 1 is 0.897 bits per heavy atom. The summed E-state index contributed by atoms with van der Waals surface area (Å²) in [5.41, 5.74) is 2.74. The highest BCUT2D eigenvalue weighted by Gasteiger charge is 2.14. The third-order valence-corrected chi connectivity index (χ3v) is 4.33. The normalized spacial score (nSPS) is 10.8. The number of carboxylic acid groups (broad SMARTS) is 2. The van der Waals surface area contributed by atoms with E-state index in [9.17, 15) is 14.4 Å². The Labute approximate surface area is 172 Å². The summed E-state index contributed by atoms with van der Waals surface area (Å²) in [4.78, 5) is 34.4. The number of rotatable bonds is 6.